The van der Waals surface area contributed by atoms with Gasteiger partial charge in [-0.25, -0.2) is 4.39 Å². The molecule has 4 rings (SSSR count). The molecule has 2 aromatic carbocycles. The summed E-state index contributed by atoms with van der Waals surface area (Å²) in [5, 5.41) is 13.3. The molecule has 2 N–H and O–H groups in total. The van der Waals surface area contributed by atoms with Gasteiger partial charge in [0.1, 0.15) is 10.8 Å². The number of hydrogen-bond acceptors (Lipinski definition) is 4. The minimum atomic E-state index is -0.300. The predicted molar refractivity (Wildman–Crippen MR) is 110 cm³/mol. The first-order valence-corrected chi connectivity index (χ1v) is 9.97. The highest BCUT2D eigenvalue weighted by Gasteiger charge is 2.13. The number of H-pyrrole nitrogens is 1. The summed E-state index contributed by atoms with van der Waals surface area (Å²) in [6.07, 6.45) is 1.61. The van der Waals surface area contributed by atoms with Crippen LogP contribution in [0.1, 0.15) is 18.4 Å². The van der Waals surface area contributed by atoms with Crippen molar-refractivity contribution >= 4 is 39.5 Å². The fourth-order valence-electron chi connectivity index (χ4n) is 3.13. The fourth-order valence-corrected chi connectivity index (χ4v) is 3.91. The maximum absolute atomic E-state index is 13.6. The molecular formula is C21H19FN4OS. The molecule has 1 amide bonds. The Labute approximate surface area is 165 Å². The molecule has 2 heterocycles. The highest BCUT2D eigenvalue weighted by Crippen LogP contribution is 2.30. The number of benzene rings is 2. The Kier molecular flexibility index (Phi) is 5.25. The van der Waals surface area contributed by atoms with Gasteiger partial charge in [-0.2, -0.15) is 5.10 Å². The normalized spacial score (nSPS) is 12.4. The Bertz CT molecular complexity index is 1130. The molecule has 0 bridgehead atoms. The van der Waals surface area contributed by atoms with Gasteiger partial charge in [0.05, 0.1) is 17.5 Å². The van der Waals surface area contributed by atoms with Crippen molar-refractivity contribution in [1.29, 1.82) is 0 Å². The van der Waals surface area contributed by atoms with E-state index >= 15 is 0 Å². The lowest BCUT2D eigenvalue weighted by atomic mass is 10.0. The molecule has 28 heavy (non-hydrogen) atoms. The van der Waals surface area contributed by atoms with Gasteiger partial charge in [-0.1, -0.05) is 49.0 Å². The number of hydrogen-bond donors (Lipinski definition) is 2. The van der Waals surface area contributed by atoms with Gasteiger partial charge >= 0.3 is 0 Å². The van der Waals surface area contributed by atoms with Crippen LogP contribution < -0.4 is 5.32 Å². The van der Waals surface area contributed by atoms with Crippen LogP contribution in [0.25, 0.3) is 21.8 Å². The van der Waals surface area contributed by atoms with Crippen LogP contribution in [0, 0.1) is 5.82 Å². The molecule has 142 valence electrons. The molecule has 5 nitrogen and oxygen atoms in total. The topological polar surface area (TPSA) is 70.7 Å². The highest BCUT2D eigenvalue weighted by atomic mass is 32.2. The number of amides is 1. The van der Waals surface area contributed by atoms with E-state index in [4.69, 9.17) is 0 Å². The van der Waals surface area contributed by atoms with E-state index < -0.39 is 0 Å². The van der Waals surface area contributed by atoms with E-state index in [1.54, 1.807) is 12.3 Å². The van der Waals surface area contributed by atoms with Crippen molar-refractivity contribution in [3.8, 4) is 0 Å². The van der Waals surface area contributed by atoms with Crippen LogP contribution in [-0.4, -0.2) is 33.4 Å². The smallest absolute Gasteiger partial charge is 0.230 e. The van der Waals surface area contributed by atoms with Gasteiger partial charge in [-0.15, -0.1) is 5.10 Å². The van der Waals surface area contributed by atoms with Gasteiger partial charge in [-0.3, -0.25) is 4.79 Å². The molecule has 0 aliphatic carbocycles. The Morgan fingerprint density at radius 3 is 2.86 bits per heavy atom. The van der Waals surface area contributed by atoms with Crippen LogP contribution in [0.5, 0.6) is 0 Å². The van der Waals surface area contributed by atoms with Crippen molar-refractivity contribution < 1.29 is 9.18 Å². The van der Waals surface area contributed by atoms with Crippen molar-refractivity contribution in [3.05, 3.63) is 66.1 Å². The van der Waals surface area contributed by atoms with Crippen molar-refractivity contribution in [2.75, 3.05) is 12.3 Å². The van der Waals surface area contributed by atoms with E-state index in [-0.39, 0.29) is 23.4 Å². The monoisotopic (exact) mass is 394 g/mol. The van der Waals surface area contributed by atoms with E-state index in [9.17, 15) is 9.18 Å². The van der Waals surface area contributed by atoms with E-state index in [1.807, 2.05) is 18.2 Å². The zero-order chi connectivity index (χ0) is 19.5. The van der Waals surface area contributed by atoms with E-state index in [0.717, 1.165) is 21.8 Å². The lowest BCUT2D eigenvalue weighted by molar-refractivity contribution is -0.118. The minimum Gasteiger partial charge on any atom is -0.355 e. The zero-order valence-corrected chi connectivity index (χ0v) is 16.1. The molecule has 0 fully saturated rings. The second kappa shape index (κ2) is 7.98. The second-order valence-corrected chi connectivity index (χ2v) is 7.62. The quantitative estimate of drug-likeness (QED) is 0.479. The average molecular weight is 394 g/mol. The first-order valence-electron chi connectivity index (χ1n) is 8.99. The highest BCUT2D eigenvalue weighted by molar-refractivity contribution is 8.00. The van der Waals surface area contributed by atoms with Crippen LogP contribution in [0.4, 0.5) is 4.39 Å². The molecule has 0 aliphatic heterocycles. The molecule has 1 unspecified atom stereocenters. The van der Waals surface area contributed by atoms with Gasteiger partial charge in [0.25, 0.3) is 0 Å². The third-order valence-electron chi connectivity index (χ3n) is 4.66. The summed E-state index contributed by atoms with van der Waals surface area (Å²) in [7, 11) is 0. The number of aromatic amines is 1. The molecule has 4 aromatic rings. The summed E-state index contributed by atoms with van der Waals surface area (Å²) in [6, 6.07) is 14.7. The zero-order valence-electron chi connectivity index (χ0n) is 15.3. The molecule has 0 spiro atoms. The maximum atomic E-state index is 13.6. The Balaban J connectivity index is 1.42. The number of nitrogens with one attached hydrogen (secondary N) is 2. The van der Waals surface area contributed by atoms with Crippen LogP contribution >= 0.6 is 11.8 Å². The van der Waals surface area contributed by atoms with Gasteiger partial charge in [0.2, 0.25) is 5.91 Å². The fraction of sp³-hybridized carbons (Fsp3) is 0.190. The van der Waals surface area contributed by atoms with Crippen molar-refractivity contribution in [2.24, 2.45) is 0 Å². The molecule has 7 heteroatoms. The summed E-state index contributed by atoms with van der Waals surface area (Å²) in [5.41, 5.74) is 2.77. The second-order valence-electron chi connectivity index (χ2n) is 6.66. The van der Waals surface area contributed by atoms with E-state index in [2.05, 4.69) is 39.6 Å². The molecular weight excluding hydrogens is 375 g/mol. The number of carbonyl (C=O) groups is 1. The number of fused-ring (bicyclic) bond motifs is 3. The lowest BCUT2D eigenvalue weighted by Gasteiger charge is -2.12. The van der Waals surface area contributed by atoms with Crippen LogP contribution in [0.15, 0.2) is 59.8 Å². The molecule has 2 aromatic heterocycles. The lowest BCUT2D eigenvalue weighted by Crippen LogP contribution is -2.29. The summed E-state index contributed by atoms with van der Waals surface area (Å²) >= 11 is 1.31. The van der Waals surface area contributed by atoms with Crippen LogP contribution in [0.3, 0.4) is 0 Å². The van der Waals surface area contributed by atoms with Gasteiger partial charge in [0, 0.05) is 22.8 Å². The number of carbonyl (C=O) groups excluding carboxylic acids is 1. The summed E-state index contributed by atoms with van der Waals surface area (Å²) < 4.78 is 13.6. The Morgan fingerprint density at radius 1 is 1.21 bits per heavy atom. The number of rotatable bonds is 6. The maximum Gasteiger partial charge on any atom is 0.230 e. The summed E-state index contributed by atoms with van der Waals surface area (Å²) in [5.74, 6) is 0.112. The summed E-state index contributed by atoms with van der Waals surface area (Å²) in [4.78, 5) is 15.5. The number of aromatic nitrogens is 3. The number of nitrogens with zero attached hydrogens (tertiary/aromatic N) is 2. The third kappa shape index (κ3) is 3.84. The predicted octanol–water partition coefficient (Wildman–Crippen LogP) is 4.26. The molecule has 1 atom stereocenters. The largest absolute Gasteiger partial charge is 0.355 e. The molecule has 0 saturated carbocycles. The van der Waals surface area contributed by atoms with Crippen LogP contribution in [0.2, 0.25) is 0 Å². The molecule has 0 saturated heterocycles. The first-order chi connectivity index (χ1) is 13.6. The SMILES string of the molecule is CC(CNC(=O)CSc1nncc2c1[nH]c1ccc(F)cc12)c1ccccc1. The first kappa shape index (κ1) is 18.4. The van der Waals surface area contributed by atoms with E-state index in [1.165, 1.54) is 29.5 Å². The Morgan fingerprint density at radius 2 is 2.04 bits per heavy atom. The average Bonchev–Trinajstić information content (AvgIpc) is 3.09. The molecule has 0 aliphatic rings. The Hall–Kier alpha value is -2.93. The van der Waals surface area contributed by atoms with Crippen molar-refractivity contribution in [1.82, 2.24) is 20.5 Å². The van der Waals surface area contributed by atoms with Crippen molar-refractivity contribution in [3.63, 3.8) is 0 Å². The van der Waals surface area contributed by atoms with Crippen molar-refractivity contribution in [2.45, 2.75) is 17.9 Å². The number of halogens is 1. The number of thioether (sulfide) groups is 1. The van der Waals surface area contributed by atoms with E-state index in [0.29, 0.717) is 11.6 Å². The third-order valence-corrected chi connectivity index (χ3v) is 5.63. The molecule has 0 radical (unpaired) electrons. The van der Waals surface area contributed by atoms with Gasteiger partial charge in [0.15, 0.2) is 0 Å². The minimum absolute atomic E-state index is 0.0614. The summed E-state index contributed by atoms with van der Waals surface area (Å²) in [6.45, 7) is 2.66. The van der Waals surface area contributed by atoms with Gasteiger partial charge < -0.3 is 10.3 Å². The van der Waals surface area contributed by atoms with Crippen LogP contribution in [-0.2, 0) is 4.79 Å². The standard InChI is InChI=1S/C21H19FN4OS/c1-13(14-5-3-2-4-6-14)10-23-19(27)12-28-21-20-17(11-24-26-21)16-9-15(22)7-8-18(16)25-20/h2-9,11,13,25H,10,12H2,1H3,(H,23,27). The van der Waals surface area contributed by atoms with Gasteiger partial charge in [-0.05, 0) is 29.7 Å².